The minimum absolute atomic E-state index is 0.0642. The van der Waals surface area contributed by atoms with Gasteiger partial charge < -0.3 is 11.5 Å². The molecule has 0 aliphatic carbocycles. The topological polar surface area (TPSA) is 103 Å². The summed E-state index contributed by atoms with van der Waals surface area (Å²) >= 11 is 0. The first-order chi connectivity index (χ1) is 4.29. The van der Waals surface area contributed by atoms with Gasteiger partial charge in [0.2, 0.25) is 5.82 Å². The van der Waals surface area contributed by atoms with Gasteiger partial charge in [0.05, 0.1) is 0 Å². The molecule has 48 valence electrons. The fourth-order valence-electron chi connectivity index (χ4n) is 0.341. The van der Waals surface area contributed by atoms with Crippen molar-refractivity contribution in [3.8, 4) is 0 Å². The molecule has 0 atom stereocenters. The number of guanidine groups is 1. The van der Waals surface area contributed by atoms with E-state index in [9.17, 15) is 0 Å². The summed E-state index contributed by atoms with van der Waals surface area (Å²) in [6.45, 7) is 0. The summed E-state index contributed by atoms with van der Waals surface area (Å²) < 4.78 is 4.20. The van der Waals surface area contributed by atoms with Crippen molar-refractivity contribution in [1.82, 2.24) is 10.3 Å². The molecule has 0 radical (unpaired) electrons. The number of hydrogen-bond acceptors (Lipinski definition) is 4. The zero-order valence-corrected chi connectivity index (χ0v) is 4.48. The lowest BCUT2D eigenvalue weighted by Gasteiger charge is -1.82. The van der Waals surface area contributed by atoms with Gasteiger partial charge in [-0.15, -0.1) is 0 Å². The van der Waals surface area contributed by atoms with Crippen LogP contribution in [0.4, 0.5) is 5.82 Å². The van der Waals surface area contributed by atoms with E-state index in [1.54, 1.807) is 0 Å². The molecule has 0 spiro atoms. The van der Waals surface area contributed by atoms with Gasteiger partial charge in [0, 0.05) is 0 Å². The number of hydrogen-bond donors (Lipinski definition) is 2. The van der Waals surface area contributed by atoms with Crippen molar-refractivity contribution in [2.24, 2.45) is 16.5 Å². The van der Waals surface area contributed by atoms with Crippen LogP contribution in [0.15, 0.2) is 15.8 Å². The molecular formula is C3H5N5O. The molecule has 0 aromatic carbocycles. The molecule has 0 saturated heterocycles. The van der Waals surface area contributed by atoms with Crippen molar-refractivity contribution in [3.63, 3.8) is 0 Å². The lowest BCUT2D eigenvalue weighted by Crippen LogP contribution is -2.21. The van der Waals surface area contributed by atoms with Crippen LogP contribution in [0.25, 0.3) is 0 Å². The van der Waals surface area contributed by atoms with E-state index in [0.29, 0.717) is 0 Å². The predicted octanol–water partition coefficient (Wildman–Crippen LogP) is -1.03. The van der Waals surface area contributed by atoms with Crippen LogP contribution in [0.3, 0.4) is 0 Å². The fourth-order valence-corrected chi connectivity index (χ4v) is 0.341. The first kappa shape index (κ1) is 5.54. The second kappa shape index (κ2) is 2.12. The molecule has 0 saturated carbocycles. The van der Waals surface area contributed by atoms with Crippen LogP contribution >= 0.6 is 0 Å². The zero-order valence-electron chi connectivity index (χ0n) is 4.48. The monoisotopic (exact) mass is 127 g/mol. The molecule has 0 aliphatic heterocycles. The second-order valence-corrected chi connectivity index (χ2v) is 1.30. The van der Waals surface area contributed by atoms with E-state index >= 15 is 0 Å². The average Bonchev–Trinajstić information content (AvgIpc) is 2.15. The van der Waals surface area contributed by atoms with Gasteiger partial charge in [0.1, 0.15) is 6.20 Å². The lowest BCUT2D eigenvalue weighted by molar-refractivity contribution is 0.308. The van der Waals surface area contributed by atoms with Crippen molar-refractivity contribution in [2.45, 2.75) is 0 Å². The Morgan fingerprint density at radius 1 is 1.67 bits per heavy atom. The van der Waals surface area contributed by atoms with Crippen LogP contribution in [0.2, 0.25) is 0 Å². The molecule has 1 aromatic rings. The number of nitrogens with two attached hydrogens (primary N) is 2. The van der Waals surface area contributed by atoms with E-state index in [-0.39, 0.29) is 11.8 Å². The highest BCUT2D eigenvalue weighted by atomic mass is 16.6. The van der Waals surface area contributed by atoms with Gasteiger partial charge >= 0.3 is 0 Å². The molecule has 0 bridgehead atoms. The first-order valence-corrected chi connectivity index (χ1v) is 2.16. The SMILES string of the molecule is NC(N)=Nc1cnon1. The smallest absolute Gasteiger partial charge is 0.219 e. The highest BCUT2D eigenvalue weighted by Crippen LogP contribution is 2.00. The van der Waals surface area contributed by atoms with Gasteiger partial charge in [-0.3, -0.25) is 0 Å². The largest absolute Gasteiger partial charge is 0.370 e. The highest BCUT2D eigenvalue weighted by Gasteiger charge is 1.91. The summed E-state index contributed by atoms with van der Waals surface area (Å²) in [7, 11) is 0. The average molecular weight is 127 g/mol. The zero-order chi connectivity index (χ0) is 6.69. The molecule has 0 aliphatic rings. The van der Waals surface area contributed by atoms with Crippen molar-refractivity contribution in [1.29, 1.82) is 0 Å². The fraction of sp³-hybridized carbons (Fsp3) is 0. The van der Waals surface area contributed by atoms with Crippen LogP contribution in [0, 0.1) is 0 Å². The Hall–Kier alpha value is -1.59. The molecule has 9 heavy (non-hydrogen) atoms. The van der Waals surface area contributed by atoms with Gasteiger partial charge in [-0.25, -0.2) is 4.63 Å². The third-order valence-electron chi connectivity index (χ3n) is 0.593. The molecule has 4 N–H and O–H groups in total. The molecule has 0 amide bonds. The standard InChI is InChI=1S/C3H5N5O/c4-3(5)7-2-1-6-9-8-2/h1H,(H4,4,5,7,8). The second-order valence-electron chi connectivity index (χ2n) is 1.30. The number of nitrogens with zero attached hydrogens (tertiary/aromatic N) is 3. The van der Waals surface area contributed by atoms with Crippen LogP contribution in [-0.4, -0.2) is 16.3 Å². The summed E-state index contributed by atoms with van der Waals surface area (Å²) in [5, 5.41) is 6.59. The van der Waals surface area contributed by atoms with Crippen LogP contribution in [-0.2, 0) is 0 Å². The van der Waals surface area contributed by atoms with Crippen LogP contribution in [0.5, 0.6) is 0 Å². The van der Waals surface area contributed by atoms with E-state index in [2.05, 4.69) is 19.9 Å². The third-order valence-corrected chi connectivity index (χ3v) is 0.593. The minimum atomic E-state index is -0.0642. The van der Waals surface area contributed by atoms with Crippen LogP contribution < -0.4 is 11.5 Å². The Bertz CT molecular complexity index is 198. The summed E-state index contributed by atoms with van der Waals surface area (Å²) in [5.74, 6) is 0.209. The van der Waals surface area contributed by atoms with Gasteiger partial charge in [-0.2, -0.15) is 4.99 Å². The molecule has 0 unspecified atom stereocenters. The van der Waals surface area contributed by atoms with Crippen molar-refractivity contribution >= 4 is 11.8 Å². The number of aromatic nitrogens is 2. The molecule has 1 rings (SSSR count). The van der Waals surface area contributed by atoms with Gasteiger partial charge in [0.25, 0.3) is 0 Å². The number of rotatable bonds is 1. The third kappa shape index (κ3) is 1.41. The van der Waals surface area contributed by atoms with E-state index in [1.165, 1.54) is 6.20 Å². The Morgan fingerprint density at radius 3 is 2.89 bits per heavy atom. The predicted molar refractivity (Wildman–Crippen MR) is 29.8 cm³/mol. The lowest BCUT2D eigenvalue weighted by atomic mass is 10.8. The van der Waals surface area contributed by atoms with Gasteiger partial charge in [0.15, 0.2) is 5.96 Å². The summed E-state index contributed by atoms with van der Waals surface area (Å²) in [4.78, 5) is 3.52. The first-order valence-electron chi connectivity index (χ1n) is 2.16. The van der Waals surface area contributed by atoms with Crippen molar-refractivity contribution < 1.29 is 4.63 Å². The molecular weight excluding hydrogens is 122 g/mol. The Labute approximate surface area is 50.5 Å². The maximum Gasteiger partial charge on any atom is 0.219 e. The van der Waals surface area contributed by atoms with Gasteiger partial charge in [-0.05, 0) is 5.16 Å². The minimum Gasteiger partial charge on any atom is -0.370 e. The summed E-state index contributed by atoms with van der Waals surface area (Å²) in [6.07, 6.45) is 1.31. The highest BCUT2D eigenvalue weighted by molar-refractivity contribution is 5.78. The van der Waals surface area contributed by atoms with Crippen molar-refractivity contribution in [3.05, 3.63) is 6.20 Å². The molecule has 1 heterocycles. The Morgan fingerprint density at radius 2 is 2.44 bits per heavy atom. The Kier molecular flexibility index (Phi) is 1.31. The van der Waals surface area contributed by atoms with Gasteiger partial charge in [-0.1, -0.05) is 5.16 Å². The quantitative estimate of drug-likeness (QED) is 0.371. The molecule has 6 nitrogen and oxygen atoms in total. The Balaban J connectivity index is 2.80. The molecule has 0 fully saturated rings. The van der Waals surface area contributed by atoms with E-state index in [1.807, 2.05) is 0 Å². The van der Waals surface area contributed by atoms with E-state index in [4.69, 9.17) is 11.5 Å². The van der Waals surface area contributed by atoms with Crippen LogP contribution in [0.1, 0.15) is 0 Å². The molecule has 1 aromatic heterocycles. The van der Waals surface area contributed by atoms with E-state index in [0.717, 1.165) is 0 Å². The summed E-state index contributed by atoms with van der Waals surface area (Å²) in [5.41, 5.74) is 10.0. The maximum absolute atomic E-state index is 5.00. The molecule has 6 heteroatoms. The normalized spacial score (nSPS) is 8.89. The maximum atomic E-state index is 5.00. The summed E-state index contributed by atoms with van der Waals surface area (Å²) in [6, 6.07) is 0. The van der Waals surface area contributed by atoms with Crippen molar-refractivity contribution in [2.75, 3.05) is 0 Å². The van der Waals surface area contributed by atoms with E-state index < -0.39 is 0 Å². The number of aliphatic imine (C=N–C) groups is 1.